The summed E-state index contributed by atoms with van der Waals surface area (Å²) in [5.74, 6) is 0.806. The molecular weight excluding hydrogens is 244 g/mol. The Hall–Kier alpha value is -1.93. The highest BCUT2D eigenvalue weighted by molar-refractivity contribution is 5.72. The van der Waals surface area contributed by atoms with Crippen LogP contribution in [0.4, 0.5) is 0 Å². The Balaban J connectivity index is 1.70. The highest BCUT2D eigenvalue weighted by Gasteiger charge is 2.28. The molecule has 1 aromatic heterocycles. The summed E-state index contributed by atoms with van der Waals surface area (Å²) >= 11 is 0. The standard InChI is InChI=1S/C18H18N2/c1-2-4-14(5-3-1)16-8-17(12-19-11-16)15-6-13-7-18(9-15)20-10-13/h1-5,8-9,11-13,18,20H,6-7,10H2. The van der Waals surface area contributed by atoms with Crippen molar-refractivity contribution in [2.75, 3.05) is 6.54 Å². The van der Waals surface area contributed by atoms with E-state index in [-0.39, 0.29) is 0 Å². The third-order valence-corrected chi connectivity index (χ3v) is 4.38. The van der Waals surface area contributed by atoms with Crippen LogP contribution in [0.5, 0.6) is 0 Å². The topological polar surface area (TPSA) is 24.9 Å². The van der Waals surface area contributed by atoms with Gasteiger partial charge in [0.05, 0.1) is 0 Å². The smallest absolute Gasteiger partial charge is 0.0346 e. The number of rotatable bonds is 2. The number of nitrogens with zero attached hydrogens (tertiary/aromatic N) is 1. The minimum Gasteiger partial charge on any atom is -0.310 e. The Morgan fingerprint density at radius 2 is 1.85 bits per heavy atom. The van der Waals surface area contributed by atoms with Gasteiger partial charge in [0.2, 0.25) is 0 Å². The third kappa shape index (κ3) is 2.16. The molecule has 4 rings (SSSR count). The first-order chi connectivity index (χ1) is 9.88. The van der Waals surface area contributed by atoms with Crippen LogP contribution in [-0.4, -0.2) is 17.6 Å². The molecule has 2 bridgehead atoms. The molecule has 1 aliphatic carbocycles. The Morgan fingerprint density at radius 1 is 1.00 bits per heavy atom. The highest BCUT2D eigenvalue weighted by Crippen LogP contribution is 2.35. The van der Waals surface area contributed by atoms with E-state index in [1.165, 1.54) is 35.1 Å². The number of aromatic nitrogens is 1. The molecule has 2 nitrogen and oxygen atoms in total. The third-order valence-electron chi connectivity index (χ3n) is 4.38. The number of hydrogen-bond donors (Lipinski definition) is 1. The number of benzene rings is 1. The van der Waals surface area contributed by atoms with Crippen molar-refractivity contribution in [1.29, 1.82) is 0 Å². The minimum absolute atomic E-state index is 0.573. The molecule has 20 heavy (non-hydrogen) atoms. The van der Waals surface area contributed by atoms with Gasteiger partial charge in [0.15, 0.2) is 0 Å². The molecule has 2 heterocycles. The lowest BCUT2D eigenvalue weighted by Gasteiger charge is -2.19. The molecule has 1 N–H and O–H groups in total. The molecule has 0 saturated carbocycles. The van der Waals surface area contributed by atoms with Crippen molar-refractivity contribution in [3.8, 4) is 11.1 Å². The predicted octanol–water partition coefficient (Wildman–Crippen LogP) is 3.51. The zero-order valence-electron chi connectivity index (χ0n) is 11.4. The Kier molecular flexibility index (Phi) is 2.89. The zero-order chi connectivity index (χ0) is 13.4. The maximum absolute atomic E-state index is 4.45. The Bertz CT molecular complexity index is 645. The monoisotopic (exact) mass is 262 g/mol. The molecule has 2 aliphatic rings. The Morgan fingerprint density at radius 3 is 2.70 bits per heavy atom. The summed E-state index contributed by atoms with van der Waals surface area (Å²) in [6.07, 6.45) is 8.84. The molecule has 1 saturated heterocycles. The maximum atomic E-state index is 4.45. The highest BCUT2D eigenvalue weighted by atomic mass is 14.9. The van der Waals surface area contributed by atoms with Crippen LogP contribution in [0.2, 0.25) is 0 Å². The average Bonchev–Trinajstić information content (AvgIpc) is 2.86. The fraction of sp³-hybridized carbons (Fsp3) is 0.278. The first-order valence-corrected chi connectivity index (χ1v) is 7.33. The normalized spacial score (nSPS) is 24.5. The van der Waals surface area contributed by atoms with Crippen molar-refractivity contribution >= 4 is 5.57 Å². The summed E-state index contributed by atoms with van der Waals surface area (Å²) in [6.45, 7) is 1.16. The van der Waals surface area contributed by atoms with E-state index in [1.54, 1.807) is 0 Å². The molecular formula is C18H18N2. The molecule has 2 atom stereocenters. The van der Waals surface area contributed by atoms with Gasteiger partial charge in [0.1, 0.15) is 0 Å². The SMILES string of the molecule is C1=C(c2cncc(-c3ccccc3)c2)CC2CNC1C2. The van der Waals surface area contributed by atoms with Crippen LogP contribution < -0.4 is 5.32 Å². The lowest BCUT2D eigenvalue weighted by molar-refractivity contribution is 0.579. The summed E-state index contributed by atoms with van der Waals surface area (Å²) in [7, 11) is 0. The van der Waals surface area contributed by atoms with Crippen LogP contribution in [0.1, 0.15) is 18.4 Å². The van der Waals surface area contributed by atoms with Gasteiger partial charge in [-0.05, 0) is 48.1 Å². The van der Waals surface area contributed by atoms with Crippen LogP contribution in [0.15, 0.2) is 54.9 Å². The second kappa shape index (κ2) is 4.88. The summed E-state index contributed by atoms with van der Waals surface area (Å²) in [4.78, 5) is 4.45. The molecule has 0 amide bonds. The van der Waals surface area contributed by atoms with Gasteiger partial charge < -0.3 is 5.32 Å². The van der Waals surface area contributed by atoms with Gasteiger partial charge in [-0.1, -0.05) is 36.4 Å². The van der Waals surface area contributed by atoms with E-state index in [9.17, 15) is 0 Å². The van der Waals surface area contributed by atoms with Crippen molar-refractivity contribution in [2.45, 2.75) is 18.9 Å². The summed E-state index contributed by atoms with van der Waals surface area (Å²) in [5.41, 5.74) is 5.18. The van der Waals surface area contributed by atoms with Crippen molar-refractivity contribution < 1.29 is 0 Å². The van der Waals surface area contributed by atoms with Gasteiger partial charge in [-0.2, -0.15) is 0 Å². The van der Waals surface area contributed by atoms with E-state index in [0.717, 1.165) is 12.5 Å². The quantitative estimate of drug-likeness (QED) is 0.895. The van der Waals surface area contributed by atoms with E-state index < -0.39 is 0 Å². The summed E-state index contributed by atoms with van der Waals surface area (Å²) in [5, 5.41) is 3.57. The Labute approximate surface area is 119 Å². The van der Waals surface area contributed by atoms with Crippen LogP contribution in [-0.2, 0) is 0 Å². The van der Waals surface area contributed by atoms with Gasteiger partial charge in [-0.25, -0.2) is 0 Å². The van der Waals surface area contributed by atoms with Gasteiger partial charge in [0.25, 0.3) is 0 Å². The van der Waals surface area contributed by atoms with Gasteiger partial charge in [-0.15, -0.1) is 0 Å². The molecule has 2 heteroatoms. The van der Waals surface area contributed by atoms with E-state index in [4.69, 9.17) is 0 Å². The van der Waals surface area contributed by atoms with E-state index in [2.05, 4.69) is 46.7 Å². The molecule has 2 aromatic rings. The van der Waals surface area contributed by atoms with Crippen molar-refractivity contribution in [2.24, 2.45) is 5.92 Å². The van der Waals surface area contributed by atoms with Gasteiger partial charge in [-0.3, -0.25) is 4.98 Å². The molecule has 0 radical (unpaired) electrons. The molecule has 1 aliphatic heterocycles. The number of allylic oxidation sites excluding steroid dienone is 1. The van der Waals surface area contributed by atoms with Crippen LogP contribution >= 0.6 is 0 Å². The fourth-order valence-electron chi connectivity index (χ4n) is 3.37. The van der Waals surface area contributed by atoms with Crippen LogP contribution in [0.25, 0.3) is 16.7 Å². The fourth-order valence-corrected chi connectivity index (χ4v) is 3.37. The van der Waals surface area contributed by atoms with Crippen LogP contribution in [0.3, 0.4) is 0 Å². The van der Waals surface area contributed by atoms with Crippen molar-refractivity contribution in [3.05, 3.63) is 60.4 Å². The first kappa shape index (κ1) is 11.9. The predicted molar refractivity (Wildman–Crippen MR) is 82.2 cm³/mol. The average molecular weight is 262 g/mol. The van der Waals surface area contributed by atoms with E-state index in [1.807, 2.05) is 18.5 Å². The largest absolute Gasteiger partial charge is 0.310 e. The van der Waals surface area contributed by atoms with Crippen molar-refractivity contribution in [1.82, 2.24) is 10.3 Å². The maximum Gasteiger partial charge on any atom is 0.0346 e. The minimum atomic E-state index is 0.573. The lowest BCUT2D eigenvalue weighted by Crippen LogP contribution is -2.18. The second-order valence-electron chi connectivity index (χ2n) is 5.84. The second-order valence-corrected chi connectivity index (χ2v) is 5.84. The summed E-state index contributed by atoms with van der Waals surface area (Å²) in [6, 6.07) is 13.3. The first-order valence-electron chi connectivity index (χ1n) is 7.33. The van der Waals surface area contributed by atoms with E-state index in [0.29, 0.717) is 6.04 Å². The van der Waals surface area contributed by atoms with E-state index >= 15 is 0 Å². The van der Waals surface area contributed by atoms with Crippen molar-refractivity contribution in [3.63, 3.8) is 0 Å². The molecule has 1 aromatic carbocycles. The van der Waals surface area contributed by atoms with Crippen LogP contribution in [0, 0.1) is 5.92 Å². The molecule has 1 fully saturated rings. The summed E-state index contributed by atoms with van der Waals surface area (Å²) < 4.78 is 0. The molecule has 100 valence electrons. The number of nitrogens with one attached hydrogen (secondary N) is 1. The van der Waals surface area contributed by atoms with Gasteiger partial charge >= 0.3 is 0 Å². The van der Waals surface area contributed by atoms with Gasteiger partial charge in [0, 0.05) is 24.0 Å². The molecule has 0 spiro atoms. The number of fused-ring (bicyclic) bond motifs is 2. The number of hydrogen-bond acceptors (Lipinski definition) is 2. The number of pyridine rings is 1. The molecule has 2 unspecified atom stereocenters. The zero-order valence-corrected chi connectivity index (χ0v) is 11.4. The lowest BCUT2D eigenvalue weighted by atomic mass is 9.86.